The maximum Gasteiger partial charge on any atom is 0.245 e. The molecule has 34 heavy (non-hydrogen) atoms. The van der Waals surface area contributed by atoms with Gasteiger partial charge in [0.15, 0.2) is 0 Å². The molecule has 1 aromatic heterocycles. The molecule has 174 valence electrons. The average molecular weight is 499 g/mol. The van der Waals surface area contributed by atoms with Crippen LogP contribution in [0.4, 0.5) is 10.1 Å². The number of anilines is 1. The van der Waals surface area contributed by atoms with E-state index < -0.39 is 27.8 Å². The summed E-state index contributed by atoms with van der Waals surface area (Å²) in [7, 11) is -3.97. The van der Waals surface area contributed by atoms with Crippen molar-refractivity contribution in [3.63, 3.8) is 0 Å². The lowest BCUT2D eigenvalue weighted by Gasteiger charge is -2.19. The van der Waals surface area contributed by atoms with Gasteiger partial charge in [0.25, 0.3) is 0 Å². The number of halogens is 2. The zero-order chi connectivity index (χ0) is 24.0. The fourth-order valence-corrected chi connectivity index (χ4v) is 5.52. The number of nitrogens with one attached hydrogen (secondary N) is 1. The van der Waals surface area contributed by atoms with Crippen LogP contribution in [0, 0.1) is 12.7 Å². The molecule has 1 amide bonds. The van der Waals surface area contributed by atoms with Gasteiger partial charge in [0.05, 0.1) is 22.6 Å². The molecule has 4 aromatic rings. The fourth-order valence-electron chi connectivity index (χ4n) is 4.08. The van der Waals surface area contributed by atoms with Crippen molar-refractivity contribution in [2.45, 2.75) is 24.3 Å². The van der Waals surface area contributed by atoms with E-state index in [2.05, 4.69) is 9.71 Å². The Bertz CT molecular complexity index is 1540. The minimum atomic E-state index is -3.97. The lowest BCUT2D eigenvalue weighted by molar-refractivity contribution is -0.118. The van der Waals surface area contributed by atoms with Crippen LogP contribution in [0.25, 0.3) is 16.5 Å². The number of nitrogens with zero attached hydrogens (tertiary/aromatic N) is 3. The zero-order valence-electron chi connectivity index (χ0n) is 18.1. The number of fused-ring (bicyclic) bond motifs is 1. The fraction of sp³-hybridized carbons (Fsp3) is 0.167. The Hall–Kier alpha value is -3.27. The number of imidazole rings is 1. The second-order valence-corrected chi connectivity index (χ2v) is 10.3. The van der Waals surface area contributed by atoms with Gasteiger partial charge in [0.1, 0.15) is 11.9 Å². The topological polar surface area (TPSA) is 84.3 Å². The number of sulfonamides is 1. The number of carbonyl (C=O) groups excluding carboxylic acids is 1. The SMILES string of the molecule is Cc1cn(-c2ccc(N3CC[C@H](NS(=O)(=O)c4ccc5cc(Cl)ccc5c4)C3=O)c(F)c2)cn1. The van der Waals surface area contributed by atoms with Crippen molar-refractivity contribution in [3.05, 3.63) is 83.7 Å². The van der Waals surface area contributed by atoms with E-state index in [1.165, 1.54) is 29.2 Å². The maximum absolute atomic E-state index is 14.9. The van der Waals surface area contributed by atoms with E-state index in [1.807, 2.05) is 6.92 Å². The molecule has 7 nitrogen and oxygen atoms in total. The molecule has 3 aromatic carbocycles. The molecule has 0 bridgehead atoms. The average Bonchev–Trinajstić information content (AvgIpc) is 3.39. The van der Waals surface area contributed by atoms with Gasteiger partial charge in [0.2, 0.25) is 15.9 Å². The van der Waals surface area contributed by atoms with E-state index in [1.54, 1.807) is 47.4 Å². The number of hydrogen-bond donors (Lipinski definition) is 1. The van der Waals surface area contributed by atoms with E-state index in [0.717, 1.165) is 11.1 Å². The highest BCUT2D eigenvalue weighted by Gasteiger charge is 2.36. The molecule has 0 spiro atoms. The number of hydrogen-bond acceptors (Lipinski definition) is 4. The number of amides is 1. The Morgan fingerprint density at radius 1 is 1.09 bits per heavy atom. The van der Waals surface area contributed by atoms with Gasteiger partial charge in [0, 0.05) is 29.5 Å². The maximum atomic E-state index is 14.9. The first-order valence-electron chi connectivity index (χ1n) is 10.5. The number of aromatic nitrogens is 2. The standard InChI is InChI=1S/C24H20ClFN4O3S/c1-15-13-29(14-27-15)19-5-7-23(21(26)12-19)30-9-8-22(24(30)31)28-34(32,33)20-6-3-16-10-18(25)4-2-17(16)11-20/h2-7,10-14,22,28H,8-9H2,1H3/t22-/m0/s1. The molecular formula is C24H20ClFN4O3S. The molecule has 1 aliphatic rings. The van der Waals surface area contributed by atoms with Crippen molar-refractivity contribution in [3.8, 4) is 5.69 Å². The first-order valence-corrected chi connectivity index (χ1v) is 12.4. The van der Waals surface area contributed by atoms with Gasteiger partial charge in [-0.3, -0.25) is 4.79 Å². The lowest BCUT2D eigenvalue weighted by atomic mass is 10.1. The van der Waals surface area contributed by atoms with E-state index in [0.29, 0.717) is 16.1 Å². The molecule has 2 heterocycles. The number of rotatable bonds is 5. The van der Waals surface area contributed by atoms with Crippen molar-refractivity contribution >= 4 is 44.0 Å². The molecule has 0 saturated carbocycles. The van der Waals surface area contributed by atoms with Crippen LogP contribution in [0.3, 0.4) is 0 Å². The number of benzene rings is 3. The Morgan fingerprint density at radius 3 is 2.59 bits per heavy atom. The monoisotopic (exact) mass is 498 g/mol. The molecule has 0 radical (unpaired) electrons. The second kappa shape index (κ2) is 8.50. The third-order valence-corrected chi connectivity index (χ3v) is 7.52. The molecule has 1 aliphatic heterocycles. The molecule has 0 unspecified atom stereocenters. The zero-order valence-corrected chi connectivity index (χ0v) is 19.6. The summed E-state index contributed by atoms with van der Waals surface area (Å²) < 4.78 is 45.0. The van der Waals surface area contributed by atoms with Crippen LogP contribution in [0.1, 0.15) is 12.1 Å². The second-order valence-electron chi connectivity index (χ2n) is 8.16. The Labute approximate surface area is 200 Å². The van der Waals surface area contributed by atoms with Gasteiger partial charge in [-0.05, 0) is 60.5 Å². The van der Waals surface area contributed by atoms with E-state index in [4.69, 9.17) is 11.6 Å². The third kappa shape index (κ3) is 4.18. The van der Waals surface area contributed by atoms with Crippen LogP contribution in [0.2, 0.25) is 5.02 Å². The summed E-state index contributed by atoms with van der Waals surface area (Å²) in [5.41, 5.74) is 1.47. The first kappa shape index (κ1) is 22.5. The van der Waals surface area contributed by atoms with Gasteiger partial charge < -0.3 is 9.47 Å². The normalized spacial score (nSPS) is 16.5. The molecule has 1 saturated heterocycles. The van der Waals surface area contributed by atoms with Gasteiger partial charge in [-0.15, -0.1) is 0 Å². The predicted octanol–water partition coefficient (Wildman–Crippen LogP) is 4.21. The molecule has 5 rings (SSSR count). The smallest absolute Gasteiger partial charge is 0.245 e. The summed E-state index contributed by atoms with van der Waals surface area (Å²) in [5.74, 6) is -1.07. The van der Waals surface area contributed by atoms with Gasteiger partial charge >= 0.3 is 0 Å². The summed E-state index contributed by atoms with van der Waals surface area (Å²) in [6, 6.07) is 13.4. The van der Waals surface area contributed by atoms with Crippen LogP contribution in [0.15, 0.2) is 72.0 Å². The highest BCUT2D eigenvalue weighted by atomic mass is 35.5. The van der Waals surface area contributed by atoms with Gasteiger partial charge in [-0.25, -0.2) is 17.8 Å². The summed E-state index contributed by atoms with van der Waals surface area (Å²) in [6.07, 6.45) is 3.57. The van der Waals surface area contributed by atoms with Crippen molar-refractivity contribution in [1.82, 2.24) is 14.3 Å². The van der Waals surface area contributed by atoms with Crippen LogP contribution >= 0.6 is 11.6 Å². The van der Waals surface area contributed by atoms with Crippen molar-refractivity contribution in [2.75, 3.05) is 11.4 Å². The largest absolute Gasteiger partial charge is 0.308 e. The van der Waals surface area contributed by atoms with Crippen LogP contribution in [-0.2, 0) is 14.8 Å². The van der Waals surface area contributed by atoms with E-state index in [-0.39, 0.29) is 23.5 Å². The predicted molar refractivity (Wildman–Crippen MR) is 128 cm³/mol. The minimum absolute atomic E-state index is 0.0414. The molecule has 0 aliphatic carbocycles. The molecule has 1 fully saturated rings. The van der Waals surface area contributed by atoms with Crippen LogP contribution in [0.5, 0.6) is 0 Å². The summed E-state index contributed by atoms with van der Waals surface area (Å²) in [4.78, 5) is 18.4. The van der Waals surface area contributed by atoms with Crippen molar-refractivity contribution < 1.29 is 17.6 Å². The lowest BCUT2D eigenvalue weighted by Crippen LogP contribution is -2.41. The Kier molecular flexibility index (Phi) is 5.63. The highest BCUT2D eigenvalue weighted by molar-refractivity contribution is 7.89. The van der Waals surface area contributed by atoms with Crippen molar-refractivity contribution in [1.29, 1.82) is 0 Å². The van der Waals surface area contributed by atoms with E-state index in [9.17, 15) is 17.6 Å². The van der Waals surface area contributed by atoms with Crippen LogP contribution in [-0.4, -0.2) is 36.5 Å². The first-order chi connectivity index (χ1) is 16.2. The number of aryl methyl sites for hydroxylation is 1. The summed E-state index contributed by atoms with van der Waals surface area (Å²) >= 11 is 5.99. The Morgan fingerprint density at radius 2 is 1.85 bits per heavy atom. The quantitative estimate of drug-likeness (QED) is 0.446. The van der Waals surface area contributed by atoms with Crippen molar-refractivity contribution in [2.24, 2.45) is 0 Å². The molecular weight excluding hydrogens is 479 g/mol. The minimum Gasteiger partial charge on any atom is -0.308 e. The van der Waals surface area contributed by atoms with Crippen LogP contribution < -0.4 is 9.62 Å². The van der Waals surface area contributed by atoms with Gasteiger partial charge in [-0.1, -0.05) is 23.7 Å². The number of carbonyl (C=O) groups is 1. The third-order valence-electron chi connectivity index (χ3n) is 5.82. The van der Waals surface area contributed by atoms with E-state index >= 15 is 0 Å². The van der Waals surface area contributed by atoms with Gasteiger partial charge in [-0.2, -0.15) is 4.72 Å². The summed E-state index contributed by atoms with van der Waals surface area (Å²) in [5, 5.41) is 2.07. The molecule has 10 heteroatoms. The Balaban J connectivity index is 1.35. The molecule has 1 atom stereocenters. The summed E-state index contributed by atoms with van der Waals surface area (Å²) in [6.45, 7) is 2.03. The highest BCUT2D eigenvalue weighted by Crippen LogP contribution is 2.28. The molecule has 1 N–H and O–H groups in total.